The van der Waals surface area contributed by atoms with Crippen LogP contribution in [0.25, 0.3) is 0 Å². The minimum absolute atomic E-state index is 0.0626. The summed E-state index contributed by atoms with van der Waals surface area (Å²) in [4.78, 5) is 4.70. The molecule has 0 saturated carbocycles. The number of nitrogens with zero attached hydrogens (tertiary/aromatic N) is 3. The largest absolute Gasteiger partial charge is 0.267 e. The summed E-state index contributed by atoms with van der Waals surface area (Å²) in [5.74, 6) is 0.709. The zero-order chi connectivity index (χ0) is 20.8. The number of benzene rings is 2. The third-order valence-corrected chi connectivity index (χ3v) is 7.50. The van der Waals surface area contributed by atoms with Crippen LogP contribution in [0.4, 0.5) is 11.4 Å². The van der Waals surface area contributed by atoms with E-state index in [-0.39, 0.29) is 6.04 Å². The molecule has 1 unspecified atom stereocenters. The van der Waals surface area contributed by atoms with Crippen molar-refractivity contribution in [3.05, 3.63) is 58.7 Å². The maximum absolute atomic E-state index is 12.1. The van der Waals surface area contributed by atoms with Crippen LogP contribution < -0.4 is 9.73 Å². The zero-order valence-electron chi connectivity index (χ0n) is 16.9. The number of rotatable bonds is 3. The van der Waals surface area contributed by atoms with Crippen LogP contribution in [0, 0.1) is 13.8 Å². The number of aryl methyl sites for hydroxylation is 1. The van der Waals surface area contributed by atoms with E-state index in [4.69, 9.17) is 4.99 Å². The molecule has 0 saturated heterocycles. The molecule has 2 heterocycles. The van der Waals surface area contributed by atoms with E-state index in [2.05, 4.69) is 36.5 Å². The summed E-state index contributed by atoms with van der Waals surface area (Å²) in [6.07, 6.45) is 1.97. The predicted octanol–water partition coefficient (Wildman–Crippen LogP) is 3.74. The highest BCUT2D eigenvalue weighted by molar-refractivity contribution is 8.14. The fourth-order valence-electron chi connectivity index (χ4n) is 3.78. The number of hydrogen-bond acceptors (Lipinski definition) is 5. The number of hydrogen-bond donors (Lipinski definition) is 1. The molecule has 2 aromatic rings. The van der Waals surface area contributed by atoms with Crippen molar-refractivity contribution in [3.63, 3.8) is 0 Å². The third-order valence-electron chi connectivity index (χ3n) is 5.35. The molecule has 0 aromatic heterocycles. The maximum Gasteiger partial charge on any atom is 0.232 e. The normalized spacial score (nSPS) is 20.4. The van der Waals surface area contributed by atoms with Gasteiger partial charge in [0.1, 0.15) is 0 Å². The minimum Gasteiger partial charge on any atom is -0.267 e. The quantitative estimate of drug-likeness (QED) is 0.808. The second kappa shape index (κ2) is 7.50. The molecule has 6 nitrogen and oxygen atoms in total. The molecule has 0 radical (unpaired) electrons. The van der Waals surface area contributed by atoms with Crippen LogP contribution in [0.2, 0.25) is 0 Å². The second-order valence-electron chi connectivity index (χ2n) is 7.55. The highest BCUT2D eigenvalue weighted by atomic mass is 32.2. The molecule has 1 N–H and O–H groups in total. The second-order valence-corrected chi connectivity index (χ2v) is 10.4. The fourth-order valence-corrected chi connectivity index (χ4v) is 5.82. The number of sulfonamides is 1. The van der Waals surface area contributed by atoms with Crippen LogP contribution in [0.3, 0.4) is 0 Å². The molecular weight excluding hydrogens is 404 g/mol. The van der Waals surface area contributed by atoms with Crippen LogP contribution in [-0.2, 0) is 16.4 Å². The van der Waals surface area contributed by atoms with Crippen molar-refractivity contribution in [1.29, 1.82) is 0 Å². The van der Waals surface area contributed by atoms with Gasteiger partial charge in [-0.2, -0.15) is 5.10 Å². The maximum atomic E-state index is 12.1. The Bertz CT molecular complexity index is 1140. The summed E-state index contributed by atoms with van der Waals surface area (Å²) in [6.45, 7) is 6.09. The Labute approximate surface area is 176 Å². The fraction of sp³-hybridized carbons (Fsp3) is 0.333. The number of fused-ring (bicyclic) bond motifs is 1. The molecule has 1 atom stereocenters. The number of aliphatic imine (C=N–C) groups is 1. The number of amidine groups is 1. The van der Waals surface area contributed by atoms with Gasteiger partial charge in [-0.15, -0.1) is 0 Å². The topological polar surface area (TPSA) is 74.1 Å². The van der Waals surface area contributed by atoms with E-state index in [9.17, 15) is 8.42 Å². The molecule has 0 amide bonds. The van der Waals surface area contributed by atoms with Gasteiger partial charge < -0.3 is 0 Å². The van der Waals surface area contributed by atoms with Gasteiger partial charge in [0.2, 0.25) is 10.0 Å². The van der Waals surface area contributed by atoms with E-state index in [1.54, 1.807) is 11.8 Å². The van der Waals surface area contributed by atoms with Crippen LogP contribution in [0.5, 0.6) is 0 Å². The zero-order valence-corrected chi connectivity index (χ0v) is 18.6. The summed E-state index contributed by atoms with van der Waals surface area (Å²) < 4.78 is 25.7. The first kappa shape index (κ1) is 20.0. The van der Waals surface area contributed by atoms with E-state index in [0.29, 0.717) is 12.2 Å². The first-order chi connectivity index (χ1) is 13.7. The van der Waals surface area contributed by atoms with Crippen molar-refractivity contribution in [2.24, 2.45) is 10.1 Å². The molecule has 0 aliphatic carbocycles. The first-order valence-corrected chi connectivity index (χ1v) is 12.3. The Hall–Kier alpha value is -2.32. The van der Waals surface area contributed by atoms with E-state index in [1.807, 2.05) is 31.2 Å². The molecule has 0 fully saturated rings. The lowest BCUT2D eigenvalue weighted by molar-refractivity contribution is 0.590. The molecule has 0 spiro atoms. The Balaban J connectivity index is 1.57. The van der Waals surface area contributed by atoms with Gasteiger partial charge in [-0.3, -0.25) is 9.73 Å². The molecule has 29 heavy (non-hydrogen) atoms. The molecule has 2 aliphatic rings. The summed E-state index contributed by atoms with van der Waals surface area (Å²) in [5.41, 5.74) is 10.2. The van der Waals surface area contributed by atoms with Crippen LogP contribution in [-0.4, -0.2) is 37.3 Å². The van der Waals surface area contributed by atoms with Crippen molar-refractivity contribution in [3.8, 4) is 0 Å². The standard InChI is InChI=1S/C21H24N4O2S2/c1-13-6-5-7-18(15(13)3)22-21-24-23-19(12-28-21)16-8-9-20-17(11-16)10-14(2)25(20)29(4,26)27/h5-9,11,14H,10,12H2,1-4H3,(H,22,24). The summed E-state index contributed by atoms with van der Waals surface area (Å²) in [7, 11) is -3.28. The lowest BCUT2D eigenvalue weighted by atomic mass is 10.0. The van der Waals surface area contributed by atoms with E-state index in [0.717, 1.165) is 33.4 Å². The van der Waals surface area contributed by atoms with Gasteiger partial charge in [-0.25, -0.2) is 13.4 Å². The average Bonchev–Trinajstić information content (AvgIpc) is 3.01. The summed E-state index contributed by atoms with van der Waals surface area (Å²) >= 11 is 1.62. The number of anilines is 1. The molecule has 2 aromatic carbocycles. The number of nitrogens with one attached hydrogen (secondary N) is 1. The molecular formula is C21H24N4O2S2. The lowest BCUT2D eigenvalue weighted by Crippen LogP contribution is -2.34. The van der Waals surface area contributed by atoms with Crippen LogP contribution in [0.15, 0.2) is 46.5 Å². The van der Waals surface area contributed by atoms with E-state index < -0.39 is 10.0 Å². The lowest BCUT2D eigenvalue weighted by Gasteiger charge is -2.22. The predicted molar refractivity (Wildman–Crippen MR) is 122 cm³/mol. The van der Waals surface area contributed by atoms with E-state index in [1.165, 1.54) is 21.7 Å². The molecule has 152 valence electrons. The van der Waals surface area contributed by atoms with E-state index >= 15 is 0 Å². The molecule has 0 bridgehead atoms. The molecule has 8 heteroatoms. The van der Waals surface area contributed by atoms with Gasteiger partial charge in [0.15, 0.2) is 5.17 Å². The first-order valence-electron chi connectivity index (χ1n) is 9.47. The van der Waals surface area contributed by atoms with Gasteiger partial charge >= 0.3 is 0 Å². The Morgan fingerprint density at radius 2 is 2.03 bits per heavy atom. The van der Waals surface area contributed by atoms with Gasteiger partial charge in [0, 0.05) is 11.8 Å². The SMILES string of the molecule is Cc1cccc(N=C2NN=C(c3ccc4c(c3)CC(C)N4S(C)(=O)=O)CS2)c1C. The Morgan fingerprint density at radius 3 is 2.72 bits per heavy atom. The van der Waals surface area contributed by atoms with Crippen LogP contribution in [0.1, 0.15) is 29.2 Å². The van der Waals surface area contributed by atoms with Crippen molar-refractivity contribution in [1.82, 2.24) is 5.43 Å². The molecule has 2 aliphatic heterocycles. The van der Waals surface area contributed by atoms with Crippen molar-refractivity contribution >= 4 is 44.0 Å². The number of thioether (sulfide) groups is 1. The molecule has 4 rings (SSSR count). The Kier molecular flexibility index (Phi) is 5.16. The van der Waals surface area contributed by atoms with Gasteiger partial charge in [0.05, 0.1) is 23.3 Å². The monoisotopic (exact) mass is 428 g/mol. The summed E-state index contributed by atoms with van der Waals surface area (Å²) in [6, 6.07) is 11.9. The highest BCUT2D eigenvalue weighted by Gasteiger charge is 2.32. The third kappa shape index (κ3) is 3.91. The van der Waals surface area contributed by atoms with Gasteiger partial charge in [-0.05, 0) is 67.6 Å². The Morgan fingerprint density at radius 1 is 1.24 bits per heavy atom. The average molecular weight is 429 g/mol. The van der Waals surface area contributed by atoms with Gasteiger partial charge in [-0.1, -0.05) is 30.0 Å². The van der Waals surface area contributed by atoms with Crippen molar-refractivity contribution in [2.45, 2.75) is 33.2 Å². The van der Waals surface area contributed by atoms with Crippen molar-refractivity contribution < 1.29 is 8.42 Å². The van der Waals surface area contributed by atoms with Crippen LogP contribution >= 0.6 is 11.8 Å². The van der Waals surface area contributed by atoms with Gasteiger partial charge in [0.25, 0.3) is 0 Å². The smallest absolute Gasteiger partial charge is 0.232 e. The summed E-state index contributed by atoms with van der Waals surface area (Å²) in [5, 5.41) is 5.30. The highest BCUT2D eigenvalue weighted by Crippen LogP contribution is 2.35. The minimum atomic E-state index is -3.28. The van der Waals surface area contributed by atoms with Crippen molar-refractivity contribution in [2.75, 3.05) is 16.3 Å². The number of hydrazone groups is 1.